The average Bonchev–Trinajstić information content (AvgIpc) is 3.33. The van der Waals surface area contributed by atoms with Gasteiger partial charge in [0, 0.05) is 35.6 Å². The van der Waals surface area contributed by atoms with Gasteiger partial charge in [0.25, 0.3) is 0 Å². The van der Waals surface area contributed by atoms with Crippen molar-refractivity contribution in [2.75, 3.05) is 6.54 Å². The standard InChI is InChI=1S/C22H23N5S/c1-14-11-18(16(3)27(14)17-7-6-9-23-12-17)21-20(19-8-4-5-10-24-19)25-22-26(21)13-15(2)28-22/h4-12,15,20-21H,13H2,1-3H3/t15-,20+,21-/m0/s1. The minimum atomic E-state index is 0.0269. The highest BCUT2D eigenvalue weighted by molar-refractivity contribution is 8.14. The molecule has 2 aliphatic rings. The van der Waals surface area contributed by atoms with Crippen LogP contribution in [-0.4, -0.2) is 36.4 Å². The maximum absolute atomic E-state index is 5.10. The fourth-order valence-electron chi connectivity index (χ4n) is 4.42. The van der Waals surface area contributed by atoms with Crippen molar-refractivity contribution in [3.63, 3.8) is 0 Å². The van der Waals surface area contributed by atoms with Gasteiger partial charge in [-0.1, -0.05) is 24.8 Å². The number of hydrogen-bond donors (Lipinski definition) is 0. The average molecular weight is 390 g/mol. The molecule has 28 heavy (non-hydrogen) atoms. The SMILES string of the molecule is Cc1cc([C@H]2[C@@H](c3ccccn3)N=C3S[C@@H](C)CN32)c(C)n1-c1cccnc1. The van der Waals surface area contributed by atoms with Gasteiger partial charge < -0.3 is 9.47 Å². The molecule has 2 aliphatic heterocycles. The molecule has 0 saturated carbocycles. The summed E-state index contributed by atoms with van der Waals surface area (Å²) in [6.07, 6.45) is 5.60. The lowest BCUT2D eigenvalue weighted by atomic mass is 9.96. The van der Waals surface area contributed by atoms with Crippen LogP contribution < -0.4 is 0 Å². The second kappa shape index (κ2) is 6.78. The van der Waals surface area contributed by atoms with Crippen LogP contribution in [0.4, 0.5) is 0 Å². The molecule has 6 heteroatoms. The molecule has 1 saturated heterocycles. The number of amidine groups is 1. The Balaban J connectivity index is 1.63. The van der Waals surface area contributed by atoms with Crippen LogP contribution in [0, 0.1) is 13.8 Å². The number of aromatic nitrogens is 3. The van der Waals surface area contributed by atoms with Crippen molar-refractivity contribution in [1.29, 1.82) is 0 Å². The van der Waals surface area contributed by atoms with E-state index in [4.69, 9.17) is 4.99 Å². The highest BCUT2D eigenvalue weighted by Gasteiger charge is 2.44. The molecule has 1 fully saturated rings. The summed E-state index contributed by atoms with van der Waals surface area (Å²) in [5.74, 6) is 0. The molecule has 0 spiro atoms. The van der Waals surface area contributed by atoms with Crippen molar-refractivity contribution in [2.24, 2.45) is 4.99 Å². The summed E-state index contributed by atoms with van der Waals surface area (Å²) in [5.41, 5.74) is 5.92. The van der Waals surface area contributed by atoms with Crippen molar-refractivity contribution in [1.82, 2.24) is 19.4 Å². The van der Waals surface area contributed by atoms with Crippen molar-refractivity contribution in [2.45, 2.75) is 38.1 Å². The molecular formula is C22H23N5S. The quantitative estimate of drug-likeness (QED) is 0.663. The summed E-state index contributed by atoms with van der Waals surface area (Å²) in [6.45, 7) is 7.66. The lowest BCUT2D eigenvalue weighted by Gasteiger charge is -2.27. The Morgan fingerprint density at radius 1 is 1.11 bits per heavy atom. The van der Waals surface area contributed by atoms with Crippen LogP contribution in [0.25, 0.3) is 5.69 Å². The van der Waals surface area contributed by atoms with Gasteiger partial charge in [0.05, 0.1) is 23.6 Å². The molecule has 3 aromatic rings. The monoisotopic (exact) mass is 389 g/mol. The second-order valence-electron chi connectivity index (χ2n) is 7.51. The molecule has 142 valence electrons. The van der Waals surface area contributed by atoms with Gasteiger partial charge in [0.15, 0.2) is 5.17 Å². The normalized spacial score (nSPS) is 23.8. The molecule has 0 aromatic carbocycles. The van der Waals surface area contributed by atoms with Crippen LogP contribution in [-0.2, 0) is 0 Å². The molecule has 0 N–H and O–H groups in total. The number of pyridine rings is 2. The Bertz CT molecular complexity index is 1030. The maximum Gasteiger partial charge on any atom is 0.160 e. The summed E-state index contributed by atoms with van der Waals surface area (Å²) in [7, 11) is 0. The Morgan fingerprint density at radius 3 is 2.75 bits per heavy atom. The summed E-state index contributed by atoms with van der Waals surface area (Å²) in [4.78, 5) is 16.5. The van der Waals surface area contributed by atoms with Gasteiger partial charge in [-0.2, -0.15) is 0 Å². The molecule has 3 atom stereocenters. The number of rotatable bonds is 3. The van der Waals surface area contributed by atoms with Gasteiger partial charge >= 0.3 is 0 Å². The van der Waals surface area contributed by atoms with E-state index in [0.29, 0.717) is 5.25 Å². The topological polar surface area (TPSA) is 46.3 Å². The lowest BCUT2D eigenvalue weighted by molar-refractivity contribution is 0.320. The molecule has 0 bridgehead atoms. The molecule has 5 nitrogen and oxygen atoms in total. The molecule has 0 aliphatic carbocycles. The van der Waals surface area contributed by atoms with Crippen LogP contribution in [0.3, 0.4) is 0 Å². The highest BCUT2D eigenvalue weighted by Crippen LogP contribution is 2.48. The molecule has 0 unspecified atom stereocenters. The summed E-state index contributed by atoms with van der Waals surface area (Å²) in [6, 6.07) is 12.7. The number of hydrogen-bond acceptors (Lipinski definition) is 5. The smallest absolute Gasteiger partial charge is 0.160 e. The Kier molecular flexibility index (Phi) is 4.23. The number of thioether (sulfide) groups is 1. The third-order valence-corrected chi connectivity index (χ3v) is 6.68. The van der Waals surface area contributed by atoms with Gasteiger partial charge in [0.1, 0.15) is 6.04 Å². The number of nitrogens with zero attached hydrogens (tertiary/aromatic N) is 5. The molecule has 5 heterocycles. The van der Waals surface area contributed by atoms with E-state index in [9.17, 15) is 0 Å². The predicted molar refractivity (Wildman–Crippen MR) is 114 cm³/mol. The predicted octanol–water partition coefficient (Wildman–Crippen LogP) is 4.47. The number of aryl methyl sites for hydroxylation is 1. The van der Waals surface area contributed by atoms with E-state index < -0.39 is 0 Å². The lowest BCUT2D eigenvalue weighted by Crippen LogP contribution is -2.28. The van der Waals surface area contributed by atoms with E-state index in [1.54, 1.807) is 0 Å². The second-order valence-corrected chi connectivity index (χ2v) is 8.92. The van der Waals surface area contributed by atoms with Crippen molar-refractivity contribution >= 4 is 16.9 Å². The van der Waals surface area contributed by atoms with E-state index in [0.717, 1.165) is 23.1 Å². The summed E-state index contributed by atoms with van der Waals surface area (Å²) in [5, 5.41) is 1.71. The van der Waals surface area contributed by atoms with Crippen LogP contribution >= 0.6 is 11.8 Å². The first kappa shape index (κ1) is 17.5. The first-order valence-corrected chi connectivity index (χ1v) is 10.5. The molecule has 0 radical (unpaired) electrons. The zero-order chi connectivity index (χ0) is 19.3. The van der Waals surface area contributed by atoms with Crippen molar-refractivity contribution < 1.29 is 0 Å². The van der Waals surface area contributed by atoms with Crippen LogP contribution in [0.5, 0.6) is 0 Å². The zero-order valence-corrected chi connectivity index (χ0v) is 17.1. The van der Waals surface area contributed by atoms with E-state index in [1.807, 2.05) is 42.5 Å². The van der Waals surface area contributed by atoms with Crippen molar-refractivity contribution in [3.05, 3.63) is 77.6 Å². The minimum absolute atomic E-state index is 0.0269. The van der Waals surface area contributed by atoms with Gasteiger partial charge in [0.2, 0.25) is 0 Å². The van der Waals surface area contributed by atoms with Gasteiger partial charge in [-0.3, -0.25) is 15.0 Å². The van der Waals surface area contributed by atoms with E-state index in [1.165, 1.54) is 17.0 Å². The van der Waals surface area contributed by atoms with Crippen molar-refractivity contribution in [3.8, 4) is 5.69 Å². The Hall–Kier alpha value is -2.60. The number of aliphatic imine (C=N–C) groups is 1. The number of fused-ring (bicyclic) bond motifs is 1. The molecule has 5 rings (SSSR count). The molecular weight excluding hydrogens is 366 g/mol. The highest BCUT2D eigenvalue weighted by atomic mass is 32.2. The minimum Gasteiger partial charge on any atom is -0.341 e. The third kappa shape index (κ3) is 2.75. The Labute approximate surface area is 169 Å². The van der Waals surface area contributed by atoms with Crippen LogP contribution in [0.15, 0.2) is 60.0 Å². The van der Waals surface area contributed by atoms with E-state index in [2.05, 4.69) is 64.5 Å². The van der Waals surface area contributed by atoms with E-state index in [-0.39, 0.29) is 12.1 Å². The molecule has 0 amide bonds. The largest absolute Gasteiger partial charge is 0.341 e. The fraction of sp³-hybridized carbons (Fsp3) is 0.318. The van der Waals surface area contributed by atoms with Crippen LogP contribution in [0.1, 0.15) is 41.7 Å². The first-order valence-electron chi connectivity index (χ1n) is 9.65. The van der Waals surface area contributed by atoms with Gasteiger partial charge in [-0.25, -0.2) is 0 Å². The molecule has 3 aromatic heterocycles. The maximum atomic E-state index is 5.10. The van der Waals surface area contributed by atoms with Crippen LogP contribution in [0.2, 0.25) is 0 Å². The zero-order valence-electron chi connectivity index (χ0n) is 16.3. The van der Waals surface area contributed by atoms with E-state index >= 15 is 0 Å². The third-order valence-electron chi connectivity index (χ3n) is 5.57. The summed E-state index contributed by atoms with van der Waals surface area (Å²) >= 11 is 1.88. The Morgan fingerprint density at radius 2 is 2.00 bits per heavy atom. The summed E-state index contributed by atoms with van der Waals surface area (Å²) < 4.78 is 2.29. The first-order chi connectivity index (χ1) is 13.6. The fourth-order valence-corrected chi connectivity index (χ4v) is 5.52. The van der Waals surface area contributed by atoms with Gasteiger partial charge in [-0.05, 0) is 49.7 Å². The van der Waals surface area contributed by atoms with Gasteiger partial charge in [-0.15, -0.1) is 0 Å².